The van der Waals surface area contributed by atoms with Crippen LogP contribution in [0.2, 0.25) is 51.4 Å². The van der Waals surface area contributed by atoms with Gasteiger partial charge in [-0.2, -0.15) is 0 Å². The topological polar surface area (TPSA) is 90.2 Å². The molecule has 0 saturated heterocycles. The zero-order valence-electron chi connectivity index (χ0n) is 22.1. The van der Waals surface area contributed by atoms with E-state index in [1.54, 1.807) is 28.5 Å². The second kappa shape index (κ2) is 12.4. The number of nitrogens with zero attached hydrogens (tertiary/aromatic N) is 2. The average Bonchev–Trinajstić information content (AvgIpc) is 2.99. The fraction of sp³-hybridized carbons (Fsp3) is 0.667. The molecule has 1 unspecified atom stereocenters. The maximum absolute atomic E-state index is 13.7. The van der Waals surface area contributed by atoms with Crippen LogP contribution in [0.3, 0.4) is 0 Å². The van der Waals surface area contributed by atoms with Crippen LogP contribution in [0.15, 0.2) is 16.7 Å². The minimum absolute atomic E-state index is 0.111. The quantitative estimate of drug-likeness (QED) is 0.147. The van der Waals surface area contributed by atoms with Crippen molar-refractivity contribution in [2.24, 2.45) is 0 Å². The third kappa shape index (κ3) is 8.48. The summed E-state index contributed by atoms with van der Waals surface area (Å²) in [5.41, 5.74) is 0.995. The molecule has 1 atom stereocenters. The standard InChI is InChI=1S/C24H41BrN2O6Si2/c1-8-33-24(30,16-28)20-9-10-26(17-31-11-13-34(2,3)4)23(29)22-19(20)15-21(25)27(22)18-32-12-14-35(5,6)7/h9,15-16,30H,8,10-14,17-18H2,1-7H3. The highest BCUT2D eigenvalue weighted by Gasteiger charge is 2.39. The molecule has 1 aromatic rings. The van der Waals surface area contributed by atoms with Gasteiger partial charge in [0.25, 0.3) is 11.7 Å². The van der Waals surface area contributed by atoms with Crippen molar-refractivity contribution in [3.8, 4) is 0 Å². The first-order chi connectivity index (χ1) is 16.2. The van der Waals surface area contributed by atoms with E-state index in [1.165, 1.54) is 0 Å². The Kier molecular flexibility index (Phi) is 10.7. The van der Waals surface area contributed by atoms with Crippen LogP contribution in [0, 0.1) is 0 Å². The first-order valence-corrected chi connectivity index (χ1v) is 20.3. The summed E-state index contributed by atoms with van der Waals surface area (Å²) in [7, 11) is -2.54. The van der Waals surface area contributed by atoms with Gasteiger partial charge in [-0.1, -0.05) is 45.4 Å². The van der Waals surface area contributed by atoms with Crippen LogP contribution >= 0.6 is 15.9 Å². The Morgan fingerprint density at radius 2 is 1.66 bits per heavy atom. The van der Waals surface area contributed by atoms with Gasteiger partial charge in [-0.25, -0.2) is 0 Å². The van der Waals surface area contributed by atoms with Crippen LogP contribution < -0.4 is 0 Å². The third-order valence-electron chi connectivity index (χ3n) is 5.71. The van der Waals surface area contributed by atoms with E-state index < -0.39 is 21.9 Å². The molecule has 0 aliphatic carbocycles. The minimum atomic E-state index is -2.16. The molecule has 35 heavy (non-hydrogen) atoms. The Bertz CT molecular complexity index is 922. The fourth-order valence-electron chi connectivity index (χ4n) is 3.56. The smallest absolute Gasteiger partial charge is 0.273 e. The van der Waals surface area contributed by atoms with Gasteiger partial charge in [0.05, 0.1) is 4.60 Å². The molecule has 1 aromatic heterocycles. The molecule has 0 spiro atoms. The number of rotatable bonds is 14. The molecule has 0 aromatic carbocycles. The molecule has 0 bridgehead atoms. The Labute approximate surface area is 219 Å². The van der Waals surface area contributed by atoms with Crippen LogP contribution in [0.4, 0.5) is 0 Å². The zero-order valence-corrected chi connectivity index (χ0v) is 25.7. The van der Waals surface area contributed by atoms with Crippen LogP contribution in [-0.2, 0) is 25.7 Å². The number of fused-ring (bicyclic) bond motifs is 1. The Morgan fingerprint density at radius 3 is 2.17 bits per heavy atom. The first-order valence-electron chi connectivity index (χ1n) is 12.1. The normalized spacial score (nSPS) is 16.5. The lowest BCUT2D eigenvalue weighted by molar-refractivity contribution is -0.165. The number of aromatic nitrogens is 1. The summed E-state index contributed by atoms with van der Waals surface area (Å²) in [6, 6.07) is 3.72. The number of carbonyl (C=O) groups is 2. The number of halogens is 1. The molecule has 0 radical (unpaired) electrons. The Balaban J connectivity index is 2.39. The number of aliphatic hydroxyl groups is 1. The average molecular weight is 590 g/mol. The maximum atomic E-state index is 13.7. The van der Waals surface area contributed by atoms with Gasteiger partial charge in [0.1, 0.15) is 19.2 Å². The van der Waals surface area contributed by atoms with Crippen molar-refractivity contribution in [3.63, 3.8) is 0 Å². The van der Waals surface area contributed by atoms with Crippen LogP contribution in [-0.4, -0.2) is 81.8 Å². The molecule has 0 saturated carbocycles. The van der Waals surface area contributed by atoms with Crippen molar-refractivity contribution < 1.29 is 28.9 Å². The van der Waals surface area contributed by atoms with Gasteiger partial charge in [-0.3, -0.25) is 9.59 Å². The first kappa shape index (κ1) is 30.1. The molecule has 0 fully saturated rings. The van der Waals surface area contributed by atoms with E-state index in [1.807, 2.05) is 0 Å². The van der Waals surface area contributed by atoms with Crippen molar-refractivity contribution in [2.45, 2.75) is 70.8 Å². The molecular weight excluding hydrogens is 548 g/mol. The molecule has 198 valence electrons. The second-order valence-corrected chi connectivity index (χ2v) is 23.3. The summed E-state index contributed by atoms with van der Waals surface area (Å²) < 4.78 is 19.6. The summed E-state index contributed by atoms with van der Waals surface area (Å²) in [6.07, 6.45) is 2.03. The lowest BCUT2D eigenvalue weighted by Gasteiger charge is -2.24. The largest absolute Gasteiger partial charge is 0.361 e. The highest BCUT2D eigenvalue weighted by molar-refractivity contribution is 9.10. The van der Waals surface area contributed by atoms with Gasteiger partial charge >= 0.3 is 0 Å². The summed E-state index contributed by atoms with van der Waals surface area (Å²) in [5.74, 6) is -2.42. The number of hydrogen-bond donors (Lipinski definition) is 1. The molecular formula is C24H41BrN2O6Si2. The van der Waals surface area contributed by atoms with Gasteiger partial charge in [0, 0.05) is 53.6 Å². The molecule has 11 heteroatoms. The van der Waals surface area contributed by atoms with Crippen molar-refractivity contribution in [1.29, 1.82) is 0 Å². The van der Waals surface area contributed by atoms with Crippen LogP contribution in [0.1, 0.15) is 23.0 Å². The predicted octanol–water partition coefficient (Wildman–Crippen LogP) is 4.64. The minimum Gasteiger partial charge on any atom is -0.361 e. The molecule has 8 nitrogen and oxygen atoms in total. The van der Waals surface area contributed by atoms with E-state index in [0.29, 0.717) is 35.4 Å². The number of aldehydes is 1. The molecule has 1 aliphatic rings. The lowest BCUT2D eigenvalue weighted by Crippen LogP contribution is -2.36. The fourth-order valence-corrected chi connectivity index (χ4v) is 5.58. The van der Waals surface area contributed by atoms with Crippen molar-refractivity contribution in [2.75, 3.05) is 33.1 Å². The Morgan fingerprint density at radius 1 is 1.09 bits per heavy atom. The molecule has 2 rings (SSSR count). The van der Waals surface area contributed by atoms with Gasteiger partial charge in [-0.15, -0.1) is 0 Å². The summed E-state index contributed by atoms with van der Waals surface area (Å²) in [6.45, 7) is 17.1. The van der Waals surface area contributed by atoms with E-state index in [2.05, 4.69) is 55.2 Å². The van der Waals surface area contributed by atoms with Gasteiger partial charge < -0.3 is 28.8 Å². The SMILES string of the molecule is CCOC(O)(C=O)C1=CCN(COCC[Si](C)(C)C)C(=O)c2c1cc(Br)n2COCC[Si](C)(C)C. The molecule has 1 N–H and O–H groups in total. The highest BCUT2D eigenvalue weighted by Crippen LogP contribution is 2.36. The van der Waals surface area contributed by atoms with Gasteiger partial charge in [0.2, 0.25) is 0 Å². The van der Waals surface area contributed by atoms with Crippen LogP contribution in [0.25, 0.3) is 5.57 Å². The second-order valence-electron chi connectivity index (χ2n) is 11.2. The van der Waals surface area contributed by atoms with E-state index in [4.69, 9.17) is 14.2 Å². The Hall–Kier alpha value is -1.09. The molecule has 1 aliphatic heterocycles. The summed E-state index contributed by atoms with van der Waals surface area (Å²) >= 11 is 3.54. The third-order valence-corrected chi connectivity index (χ3v) is 9.78. The highest BCUT2D eigenvalue weighted by atomic mass is 79.9. The lowest BCUT2D eigenvalue weighted by atomic mass is 9.98. The van der Waals surface area contributed by atoms with E-state index in [0.717, 1.165) is 12.1 Å². The number of carbonyl (C=O) groups excluding carboxylic acids is 2. The van der Waals surface area contributed by atoms with Gasteiger partial charge in [0.15, 0.2) is 6.29 Å². The molecule has 1 amide bonds. The number of ether oxygens (including phenoxy) is 3. The number of amides is 1. The monoisotopic (exact) mass is 588 g/mol. The zero-order chi connectivity index (χ0) is 26.4. The van der Waals surface area contributed by atoms with Crippen LogP contribution in [0.5, 0.6) is 0 Å². The van der Waals surface area contributed by atoms with Crippen molar-refractivity contribution >= 4 is 49.8 Å². The molecule has 2 heterocycles. The summed E-state index contributed by atoms with van der Waals surface area (Å²) in [5, 5.41) is 11.0. The van der Waals surface area contributed by atoms with E-state index in [-0.39, 0.29) is 38.1 Å². The van der Waals surface area contributed by atoms with Crippen molar-refractivity contribution in [3.05, 3.63) is 28.0 Å². The number of hydrogen-bond acceptors (Lipinski definition) is 6. The van der Waals surface area contributed by atoms with E-state index in [9.17, 15) is 14.7 Å². The summed E-state index contributed by atoms with van der Waals surface area (Å²) in [4.78, 5) is 27.2. The van der Waals surface area contributed by atoms with Crippen molar-refractivity contribution in [1.82, 2.24) is 9.47 Å². The van der Waals surface area contributed by atoms with Gasteiger partial charge in [-0.05, 0) is 41.0 Å². The van der Waals surface area contributed by atoms with E-state index >= 15 is 0 Å². The maximum Gasteiger partial charge on any atom is 0.273 e. The predicted molar refractivity (Wildman–Crippen MR) is 147 cm³/mol.